The summed E-state index contributed by atoms with van der Waals surface area (Å²) >= 11 is 0. The first kappa shape index (κ1) is 12.7. The lowest BCUT2D eigenvalue weighted by molar-refractivity contribution is -0.143. The molecule has 0 saturated heterocycles. The number of benzene rings is 1. The molecule has 1 aromatic carbocycles. The van der Waals surface area contributed by atoms with E-state index in [1.165, 1.54) is 5.56 Å². The molecular weight excluding hydrogens is 202 g/mol. The van der Waals surface area contributed by atoms with Crippen LogP contribution in [0.5, 0.6) is 0 Å². The standard InChI is InChI=1S/C13H19NO2/c1-4-16-13(15)8-12(14)11-6-5-9(2)7-10(11)3/h5-7,12H,4,8,14H2,1-3H3/t12-/m1/s1. The Bertz CT molecular complexity index is 374. The maximum atomic E-state index is 11.3. The summed E-state index contributed by atoms with van der Waals surface area (Å²) in [6.45, 7) is 6.24. The van der Waals surface area contributed by atoms with Crippen molar-refractivity contribution < 1.29 is 9.53 Å². The summed E-state index contributed by atoms with van der Waals surface area (Å²) in [7, 11) is 0. The minimum absolute atomic E-state index is 0.234. The van der Waals surface area contributed by atoms with Crippen molar-refractivity contribution in [3.05, 3.63) is 34.9 Å². The molecule has 0 radical (unpaired) electrons. The van der Waals surface area contributed by atoms with E-state index in [1.54, 1.807) is 6.92 Å². The third-order valence-corrected chi connectivity index (χ3v) is 2.52. The molecule has 3 nitrogen and oxygen atoms in total. The number of rotatable bonds is 4. The Hall–Kier alpha value is -1.35. The Morgan fingerprint density at radius 1 is 1.44 bits per heavy atom. The van der Waals surface area contributed by atoms with E-state index >= 15 is 0 Å². The lowest BCUT2D eigenvalue weighted by atomic mass is 9.98. The summed E-state index contributed by atoms with van der Waals surface area (Å²) in [5.74, 6) is -0.241. The monoisotopic (exact) mass is 221 g/mol. The SMILES string of the molecule is CCOC(=O)C[C@@H](N)c1ccc(C)cc1C. The molecule has 0 aromatic heterocycles. The van der Waals surface area contributed by atoms with Crippen molar-refractivity contribution in [1.82, 2.24) is 0 Å². The minimum Gasteiger partial charge on any atom is -0.466 e. The first-order valence-electron chi connectivity index (χ1n) is 5.53. The van der Waals surface area contributed by atoms with Crippen LogP contribution in [0.4, 0.5) is 0 Å². The van der Waals surface area contributed by atoms with Gasteiger partial charge in [-0.25, -0.2) is 0 Å². The Morgan fingerprint density at radius 3 is 2.69 bits per heavy atom. The van der Waals surface area contributed by atoms with Crippen molar-refractivity contribution in [3.8, 4) is 0 Å². The fourth-order valence-corrected chi connectivity index (χ4v) is 1.75. The van der Waals surface area contributed by atoms with E-state index in [2.05, 4.69) is 6.07 Å². The molecule has 0 fully saturated rings. The van der Waals surface area contributed by atoms with Crippen molar-refractivity contribution in [1.29, 1.82) is 0 Å². The molecule has 0 amide bonds. The van der Waals surface area contributed by atoms with Crippen molar-refractivity contribution in [3.63, 3.8) is 0 Å². The zero-order chi connectivity index (χ0) is 12.1. The van der Waals surface area contributed by atoms with Gasteiger partial charge in [0.05, 0.1) is 13.0 Å². The van der Waals surface area contributed by atoms with E-state index in [4.69, 9.17) is 10.5 Å². The van der Waals surface area contributed by atoms with Gasteiger partial charge in [0, 0.05) is 6.04 Å². The van der Waals surface area contributed by atoms with E-state index in [1.807, 2.05) is 26.0 Å². The molecule has 0 aliphatic rings. The predicted octanol–water partition coefficient (Wildman–Crippen LogP) is 2.26. The number of carbonyl (C=O) groups excluding carboxylic acids is 1. The second kappa shape index (κ2) is 5.66. The van der Waals surface area contributed by atoms with Crippen LogP contribution in [0.1, 0.15) is 36.1 Å². The maximum Gasteiger partial charge on any atom is 0.307 e. The Morgan fingerprint density at radius 2 is 2.12 bits per heavy atom. The zero-order valence-electron chi connectivity index (χ0n) is 10.1. The molecule has 1 aromatic rings. The molecule has 1 atom stereocenters. The predicted molar refractivity (Wildman–Crippen MR) is 64.1 cm³/mol. The molecule has 88 valence electrons. The highest BCUT2D eigenvalue weighted by Crippen LogP contribution is 2.19. The maximum absolute atomic E-state index is 11.3. The second-order valence-electron chi connectivity index (χ2n) is 3.98. The third kappa shape index (κ3) is 3.35. The largest absolute Gasteiger partial charge is 0.466 e. The zero-order valence-corrected chi connectivity index (χ0v) is 10.1. The summed E-state index contributed by atoms with van der Waals surface area (Å²) in [5, 5.41) is 0. The normalized spacial score (nSPS) is 12.2. The number of carbonyl (C=O) groups is 1. The van der Waals surface area contributed by atoms with Gasteiger partial charge in [0.15, 0.2) is 0 Å². The van der Waals surface area contributed by atoms with Crippen molar-refractivity contribution in [2.24, 2.45) is 5.73 Å². The highest BCUT2D eigenvalue weighted by Gasteiger charge is 2.14. The highest BCUT2D eigenvalue weighted by molar-refractivity contribution is 5.70. The number of aryl methyl sites for hydroxylation is 2. The third-order valence-electron chi connectivity index (χ3n) is 2.52. The van der Waals surface area contributed by atoms with E-state index in [9.17, 15) is 4.79 Å². The number of hydrogen-bond acceptors (Lipinski definition) is 3. The quantitative estimate of drug-likeness (QED) is 0.793. The van der Waals surface area contributed by atoms with Gasteiger partial charge in [-0.3, -0.25) is 4.79 Å². The van der Waals surface area contributed by atoms with Crippen molar-refractivity contribution in [2.75, 3.05) is 6.61 Å². The highest BCUT2D eigenvalue weighted by atomic mass is 16.5. The summed E-state index contributed by atoms with van der Waals surface area (Å²) in [4.78, 5) is 11.3. The van der Waals surface area contributed by atoms with Gasteiger partial charge in [0.25, 0.3) is 0 Å². The Labute approximate surface area is 96.6 Å². The van der Waals surface area contributed by atoms with Gasteiger partial charge in [-0.15, -0.1) is 0 Å². The van der Waals surface area contributed by atoms with Crippen LogP contribution in [-0.4, -0.2) is 12.6 Å². The van der Waals surface area contributed by atoms with Crippen LogP contribution in [-0.2, 0) is 9.53 Å². The van der Waals surface area contributed by atoms with E-state index in [0.717, 1.165) is 11.1 Å². The molecule has 0 heterocycles. The molecule has 0 saturated carbocycles. The average Bonchev–Trinajstić information content (AvgIpc) is 2.17. The average molecular weight is 221 g/mol. The molecule has 3 heteroatoms. The molecular formula is C13H19NO2. The van der Waals surface area contributed by atoms with E-state index in [0.29, 0.717) is 6.61 Å². The molecule has 0 aliphatic carbocycles. The van der Waals surface area contributed by atoms with Gasteiger partial charge < -0.3 is 10.5 Å². The summed E-state index contributed by atoms with van der Waals surface area (Å²) in [6.07, 6.45) is 0.234. The molecule has 0 bridgehead atoms. The first-order valence-corrected chi connectivity index (χ1v) is 5.53. The van der Waals surface area contributed by atoms with Crippen LogP contribution in [0.3, 0.4) is 0 Å². The minimum atomic E-state index is -0.278. The van der Waals surface area contributed by atoms with Crippen molar-refractivity contribution >= 4 is 5.97 Å². The van der Waals surface area contributed by atoms with Crippen LogP contribution in [0.2, 0.25) is 0 Å². The molecule has 1 rings (SSSR count). The molecule has 16 heavy (non-hydrogen) atoms. The molecule has 0 spiro atoms. The number of ether oxygens (including phenoxy) is 1. The van der Waals surface area contributed by atoms with Crippen LogP contribution in [0, 0.1) is 13.8 Å². The first-order chi connectivity index (χ1) is 7.54. The number of hydrogen-bond donors (Lipinski definition) is 1. The fraction of sp³-hybridized carbons (Fsp3) is 0.462. The van der Waals surface area contributed by atoms with Crippen LogP contribution >= 0.6 is 0 Å². The topological polar surface area (TPSA) is 52.3 Å². The second-order valence-corrected chi connectivity index (χ2v) is 3.98. The van der Waals surface area contributed by atoms with Gasteiger partial charge in [-0.05, 0) is 31.9 Å². The summed E-state index contributed by atoms with van der Waals surface area (Å²) in [6, 6.07) is 5.78. The van der Waals surface area contributed by atoms with Crippen molar-refractivity contribution in [2.45, 2.75) is 33.2 Å². The smallest absolute Gasteiger partial charge is 0.307 e. The van der Waals surface area contributed by atoms with Gasteiger partial charge in [-0.2, -0.15) is 0 Å². The number of nitrogens with two attached hydrogens (primary N) is 1. The molecule has 2 N–H and O–H groups in total. The lowest BCUT2D eigenvalue weighted by Gasteiger charge is -2.14. The summed E-state index contributed by atoms with van der Waals surface area (Å²) in [5.41, 5.74) is 9.31. The van der Waals surface area contributed by atoms with Crippen LogP contribution < -0.4 is 5.73 Å². The van der Waals surface area contributed by atoms with Gasteiger partial charge >= 0.3 is 5.97 Å². The molecule has 0 unspecified atom stereocenters. The number of esters is 1. The summed E-state index contributed by atoms with van der Waals surface area (Å²) < 4.78 is 4.88. The lowest BCUT2D eigenvalue weighted by Crippen LogP contribution is -2.18. The van der Waals surface area contributed by atoms with Gasteiger partial charge in [0.1, 0.15) is 0 Å². The van der Waals surface area contributed by atoms with Gasteiger partial charge in [-0.1, -0.05) is 23.8 Å². The van der Waals surface area contributed by atoms with Crippen LogP contribution in [0.15, 0.2) is 18.2 Å². The van der Waals surface area contributed by atoms with E-state index in [-0.39, 0.29) is 18.4 Å². The molecule has 0 aliphatic heterocycles. The Kier molecular flexibility index (Phi) is 4.50. The van der Waals surface area contributed by atoms with E-state index < -0.39 is 0 Å². The fourth-order valence-electron chi connectivity index (χ4n) is 1.75. The van der Waals surface area contributed by atoms with Gasteiger partial charge in [0.2, 0.25) is 0 Å². The Balaban J connectivity index is 2.72. The van der Waals surface area contributed by atoms with Crippen LogP contribution in [0.25, 0.3) is 0 Å².